The number of amides is 1. The van der Waals surface area contributed by atoms with Gasteiger partial charge in [-0.1, -0.05) is 32.6 Å². The van der Waals surface area contributed by atoms with E-state index in [1.54, 1.807) is 0 Å². The Hall–Kier alpha value is -1.30. The molecule has 1 amide bonds. The fraction of sp³-hybridized carbons (Fsp3) is 0.364. The van der Waals surface area contributed by atoms with Crippen molar-refractivity contribution in [2.45, 2.75) is 6.42 Å². The molecular formula is C11H9BrClFN4O. The first-order valence-electron chi connectivity index (χ1n) is 5.48. The third-order valence-electron chi connectivity index (χ3n) is 2.86. The number of anilines is 1. The van der Waals surface area contributed by atoms with E-state index >= 15 is 0 Å². The van der Waals surface area contributed by atoms with Crippen LogP contribution in [0.3, 0.4) is 0 Å². The molecular weight excluding hydrogens is 339 g/mol. The lowest BCUT2D eigenvalue weighted by Gasteiger charge is -2.19. The van der Waals surface area contributed by atoms with Crippen LogP contribution in [0.5, 0.6) is 0 Å². The number of carbonyl (C=O) groups is 1. The minimum atomic E-state index is -0.558. The van der Waals surface area contributed by atoms with E-state index in [0.717, 1.165) is 0 Å². The highest BCUT2D eigenvalue weighted by molar-refractivity contribution is 9.10. The number of benzene rings is 1. The zero-order valence-electron chi connectivity index (χ0n) is 9.68. The monoisotopic (exact) mass is 346 g/mol. The maximum atomic E-state index is 13.9. The summed E-state index contributed by atoms with van der Waals surface area (Å²) in [6.07, 6.45) is 0.227. The number of hydrogen-bond donors (Lipinski definition) is 0. The Morgan fingerprint density at radius 2 is 2.37 bits per heavy atom. The van der Waals surface area contributed by atoms with Crippen LogP contribution >= 0.6 is 27.5 Å². The van der Waals surface area contributed by atoms with E-state index < -0.39 is 5.82 Å². The fourth-order valence-corrected chi connectivity index (χ4v) is 2.94. The highest BCUT2D eigenvalue weighted by atomic mass is 79.9. The van der Waals surface area contributed by atoms with Crippen LogP contribution in [-0.4, -0.2) is 19.0 Å². The molecule has 1 heterocycles. The number of azide groups is 1. The van der Waals surface area contributed by atoms with Crippen LogP contribution in [0.2, 0.25) is 5.02 Å². The molecule has 8 heteroatoms. The topological polar surface area (TPSA) is 69.1 Å². The summed E-state index contributed by atoms with van der Waals surface area (Å²) in [6, 6.07) is 2.79. The van der Waals surface area contributed by atoms with Crippen LogP contribution in [0.15, 0.2) is 21.7 Å². The first-order chi connectivity index (χ1) is 9.02. The molecule has 1 atom stereocenters. The lowest BCUT2D eigenvalue weighted by atomic mass is 10.1. The summed E-state index contributed by atoms with van der Waals surface area (Å²) < 4.78 is 14.4. The molecule has 0 radical (unpaired) electrons. The van der Waals surface area contributed by atoms with E-state index in [4.69, 9.17) is 17.1 Å². The van der Waals surface area contributed by atoms with Crippen molar-refractivity contribution in [3.8, 4) is 0 Å². The molecule has 0 saturated carbocycles. The standard InChI is InChI=1S/C11H9BrClFN4O/c12-7-2-8(13)11(9(14)3-7)18-5-6(1-10(18)19)4-16-17-15/h2-3,6H,1,4-5H2. The maximum Gasteiger partial charge on any atom is 0.227 e. The van der Waals surface area contributed by atoms with Gasteiger partial charge in [0.15, 0.2) is 0 Å². The van der Waals surface area contributed by atoms with Crippen molar-refractivity contribution in [3.63, 3.8) is 0 Å². The number of halogens is 3. The molecule has 1 unspecified atom stereocenters. The summed E-state index contributed by atoms with van der Waals surface area (Å²) in [4.78, 5) is 15.9. The highest BCUT2D eigenvalue weighted by Crippen LogP contribution is 2.35. The minimum Gasteiger partial charge on any atom is -0.308 e. The summed E-state index contributed by atoms with van der Waals surface area (Å²) in [5.41, 5.74) is 8.35. The van der Waals surface area contributed by atoms with Crippen molar-refractivity contribution >= 4 is 39.1 Å². The number of rotatable bonds is 3. The molecule has 19 heavy (non-hydrogen) atoms. The van der Waals surface area contributed by atoms with Crippen LogP contribution in [0.4, 0.5) is 10.1 Å². The summed E-state index contributed by atoms with van der Waals surface area (Å²) in [5, 5.41) is 3.61. The quantitative estimate of drug-likeness (QED) is 0.464. The largest absolute Gasteiger partial charge is 0.308 e. The zero-order valence-corrected chi connectivity index (χ0v) is 12.0. The first-order valence-corrected chi connectivity index (χ1v) is 6.65. The summed E-state index contributed by atoms with van der Waals surface area (Å²) >= 11 is 9.12. The second kappa shape index (κ2) is 5.77. The van der Waals surface area contributed by atoms with Crippen LogP contribution in [-0.2, 0) is 4.79 Å². The van der Waals surface area contributed by atoms with E-state index in [1.165, 1.54) is 17.0 Å². The van der Waals surface area contributed by atoms with Gasteiger partial charge in [0.05, 0.1) is 10.7 Å². The van der Waals surface area contributed by atoms with Gasteiger partial charge < -0.3 is 4.90 Å². The van der Waals surface area contributed by atoms with Crippen molar-refractivity contribution in [1.29, 1.82) is 0 Å². The number of hydrogen-bond acceptors (Lipinski definition) is 2. The molecule has 1 saturated heterocycles. The van der Waals surface area contributed by atoms with Gasteiger partial charge >= 0.3 is 0 Å². The SMILES string of the molecule is [N-]=[N+]=NCC1CC(=O)N(c2c(F)cc(Br)cc2Cl)C1. The molecule has 2 rings (SSSR count). The van der Waals surface area contributed by atoms with Crippen molar-refractivity contribution in [3.05, 3.63) is 37.9 Å². The zero-order chi connectivity index (χ0) is 14.0. The van der Waals surface area contributed by atoms with Gasteiger partial charge in [0.25, 0.3) is 0 Å². The van der Waals surface area contributed by atoms with Crippen molar-refractivity contribution in [1.82, 2.24) is 0 Å². The predicted octanol–water partition coefficient (Wildman–Crippen LogP) is 3.90. The smallest absolute Gasteiger partial charge is 0.227 e. The Morgan fingerprint density at radius 1 is 1.63 bits per heavy atom. The molecule has 0 N–H and O–H groups in total. The first kappa shape index (κ1) is 14.1. The second-order valence-corrected chi connectivity index (χ2v) is 5.53. The molecule has 1 aromatic rings. The van der Waals surface area contributed by atoms with E-state index in [1.807, 2.05) is 0 Å². The fourth-order valence-electron chi connectivity index (χ4n) is 2.06. The lowest BCUT2D eigenvalue weighted by Crippen LogP contribution is -2.26. The average molecular weight is 348 g/mol. The van der Waals surface area contributed by atoms with Crippen LogP contribution in [0.25, 0.3) is 10.4 Å². The molecule has 1 aromatic carbocycles. The normalized spacial score (nSPS) is 18.6. The van der Waals surface area contributed by atoms with Crippen molar-refractivity contribution in [2.75, 3.05) is 18.0 Å². The van der Waals surface area contributed by atoms with Gasteiger partial charge in [-0.05, 0) is 23.6 Å². The Labute approximate surface area is 122 Å². The Kier molecular flexibility index (Phi) is 4.29. The third-order valence-corrected chi connectivity index (χ3v) is 3.61. The lowest BCUT2D eigenvalue weighted by molar-refractivity contribution is -0.117. The number of nitrogens with zero attached hydrogens (tertiary/aromatic N) is 4. The molecule has 0 aliphatic carbocycles. The third kappa shape index (κ3) is 3.00. The molecule has 5 nitrogen and oxygen atoms in total. The molecule has 1 fully saturated rings. The van der Waals surface area contributed by atoms with Crippen LogP contribution in [0.1, 0.15) is 6.42 Å². The van der Waals surface area contributed by atoms with Gasteiger partial charge in [0, 0.05) is 28.9 Å². The van der Waals surface area contributed by atoms with Gasteiger partial charge in [-0.3, -0.25) is 4.79 Å². The van der Waals surface area contributed by atoms with Gasteiger partial charge in [-0.2, -0.15) is 0 Å². The van der Waals surface area contributed by atoms with Crippen LogP contribution in [0, 0.1) is 11.7 Å². The van der Waals surface area contributed by atoms with E-state index in [9.17, 15) is 9.18 Å². The Balaban J connectivity index is 2.28. The maximum absolute atomic E-state index is 13.9. The molecule has 0 bridgehead atoms. The molecule has 100 valence electrons. The van der Waals surface area contributed by atoms with Crippen LogP contribution < -0.4 is 4.90 Å². The summed E-state index contributed by atoms with van der Waals surface area (Å²) in [5.74, 6) is -0.888. The molecule has 1 aliphatic rings. The van der Waals surface area contributed by atoms with Gasteiger partial charge in [0.2, 0.25) is 5.91 Å². The average Bonchev–Trinajstić information content (AvgIpc) is 2.67. The summed E-state index contributed by atoms with van der Waals surface area (Å²) in [7, 11) is 0. The van der Waals surface area contributed by atoms with E-state index in [0.29, 0.717) is 11.0 Å². The van der Waals surface area contributed by atoms with E-state index in [-0.39, 0.29) is 35.5 Å². The Morgan fingerprint density at radius 3 is 3.00 bits per heavy atom. The number of carbonyl (C=O) groups excluding carboxylic acids is 1. The van der Waals surface area contributed by atoms with Crippen molar-refractivity contribution in [2.24, 2.45) is 11.0 Å². The highest BCUT2D eigenvalue weighted by Gasteiger charge is 2.33. The molecule has 1 aliphatic heterocycles. The minimum absolute atomic E-state index is 0.0818. The predicted molar refractivity (Wildman–Crippen MR) is 73.6 cm³/mol. The Bertz CT molecular complexity index is 553. The van der Waals surface area contributed by atoms with Gasteiger partial charge in [-0.25, -0.2) is 4.39 Å². The molecule has 0 spiro atoms. The van der Waals surface area contributed by atoms with Gasteiger partial charge in [-0.15, -0.1) is 0 Å². The van der Waals surface area contributed by atoms with E-state index in [2.05, 4.69) is 26.0 Å². The summed E-state index contributed by atoms with van der Waals surface area (Å²) in [6.45, 7) is 0.518. The second-order valence-electron chi connectivity index (χ2n) is 4.21. The molecule has 0 aromatic heterocycles. The van der Waals surface area contributed by atoms with Gasteiger partial charge in [0.1, 0.15) is 5.82 Å². The van der Waals surface area contributed by atoms with Crippen molar-refractivity contribution < 1.29 is 9.18 Å².